The lowest BCUT2D eigenvalue weighted by atomic mass is 10.2. The van der Waals surface area contributed by atoms with Crippen molar-refractivity contribution >= 4 is 34.3 Å². The first-order valence-electron chi connectivity index (χ1n) is 7.92. The van der Waals surface area contributed by atoms with Gasteiger partial charge in [0.1, 0.15) is 22.3 Å². The van der Waals surface area contributed by atoms with Crippen LogP contribution in [0.2, 0.25) is 0 Å². The average Bonchev–Trinajstić information content (AvgIpc) is 2.63. The molecule has 0 saturated heterocycles. The predicted molar refractivity (Wildman–Crippen MR) is 94.8 cm³/mol. The molecule has 3 aromatic rings. The molecule has 28 heavy (non-hydrogen) atoms. The SMILES string of the molecule is CC(Sc1nc(C(F)(F)F)nc2ccccc12)C(=O)Nc1c(F)cccc1F. The molecule has 0 saturated carbocycles. The second-order valence-electron chi connectivity index (χ2n) is 5.71. The van der Waals surface area contributed by atoms with E-state index in [1.54, 1.807) is 6.07 Å². The Morgan fingerprint density at radius 3 is 2.32 bits per heavy atom. The number of fused-ring (bicyclic) bond motifs is 1. The standard InChI is InChI=1S/C18H12F5N3OS/c1-9(15(27)25-14-11(19)6-4-7-12(14)20)28-16-10-5-2-3-8-13(10)24-17(26-16)18(21,22)23/h2-9H,1H3,(H,25,27). The summed E-state index contributed by atoms with van der Waals surface area (Å²) >= 11 is 0.734. The molecule has 1 atom stereocenters. The Morgan fingerprint density at radius 1 is 1.04 bits per heavy atom. The molecule has 2 aromatic carbocycles. The number of carbonyl (C=O) groups excluding carboxylic acids is 1. The van der Waals surface area contributed by atoms with Gasteiger partial charge in [-0.1, -0.05) is 36.0 Å². The summed E-state index contributed by atoms with van der Waals surface area (Å²) in [6.07, 6.45) is -4.76. The molecule has 1 amide bonds. The quantitative estimate of drug-likeness (QED) is 0.370. The van der Waals surface area contributed by atoms with Crippen LogP contribution in [0, 0.1) is 11.6 Å². The van der Waals surface area contributed by atoms with Gasteiger partial charge in [-0.2, -0.15) is 13.2 Å². The molecule has 0 spiro atoms. The fraction of sp³-hybridized carbons (Fsp3) is 0.167. The highest BCUT2D eigenvalue weighted by molar-refractivity contribution is 8.00. The molecule has 4 nitrogen and oxygen atoms in total. The number of nitrogens with zero attached hydrogens (tertiary/aromatic N) is 2. The second kappa shape index (κ2) is 7.70. The smallest absolute Gasteiger partial charge is 0.320 e. The highest BCUT2D eigenvalue weighted by atomic mass is 32.2. The molecular formula is C18H12F5N3OS. The van der Waals surface area contributed by atoms with E-state index in [1.807, 2.05) is 0 Å². The monoisotopic (exact) mass is 413 g/mol. The van der Waals surface area contributed by atoms with E-state index in [0.29, 0.717) is 5.39 Å². The molecule has 146 valence electrons. The largest absolute Gasteiger partial charge is 0.451 e. The van der Waals surface area contributed by atoms with Gasteiger partial charge in [0.25, 0.3) is 0 Å². The van der Waals surface area contributed by atoms with Crippen molar-refractivity contribution in [3.63, 3.8) is 0 Å². The molecule has 10 heteroatoms. The van der Waals surface area contributed by atoms with Gasteiger partial charge in [0.15, 0.2) is 0 Å². The van der Waals surface area contributed by atoms with Gasteiger partial charge in [0.05, 0.1) is 10.8 Å². The molecular weight excluding hydrogens is 401 g/mol. The van der Waals surface area contributed by atoms with E-state index < -0.39 is 40.5 Å². The van der Waals surface area contributed by atoms with Crippen molar-refractivity contribution in [1.29, 1.82) is 0 Å². The van der Waals surface area contributed by atoms with Gasteiger partial charge in [0, 0.05) is 5.39 Å². The van der Waals surface area contributed by atoms with Gasteiger partial charge in [-0.15, -0.1) is 0 Å². The van der Waals surface area contributed by atoms with Crippen LogP contribution in [0.1, 0.15) is 12.7 Å². The molecule has 3 rings (SSSR count). The van der Waals surface area contributed by atoms with Crippen LogP contribution >= 0.6 is 11.8 Å². The maximum Gasteiger partial charge on any atom is 0.451 e. The molecule has 0 aliphatic heterocycles. The number of nitrogens with one attached hydrogen (secondary N) is 1. The minimum Gasteiger partial charge on any atom is -0.320 e. The number of thioether (sulfide) groups is 1. The van der Waals surface area contributed by atoms with Crippen molar-refractivity contribution in [2.75, 3.05) is 5.32 Å². The van der Waals surface area contributed by atoms with Crippen molar-refractivity contribution in [2.45, 2.75) is 23.4 Å². The summed E-state index contributed by atoms with van der Waals surface area (Å²) in [5, 5.41) is 1.40. The summed E-state index contributed by atoms with van der Waals surface area (Å²) in [7, 11) is 0. The molecule has 0 aliphatic carbocycles. The fourth-order valence-corrected chi connectivity index (χ4v) is 3.27. The highest BCUT2D eigenvalue weighted by Crippen LogP contribution is 2.34. The minimum atomic E-state index is -4.76. The summed E-state index contributed by atoms with van der Waals surface area (Å²) in [5.41, 5.74) is -0.552. The van der Waals surface area contributed by atoms with Gasteiger partial charge in [-0.05, 0) is 25.1 Å². The second-order valence-corrected chi connectivity index (χ2v) is 7.04. The predicted octanol–water partition coefficient (Wildman–Crippen LogP) is 5.05. The minimum absolute atomic E-state index is 0.0606. The lowest BCUT2D eigenvalue weighted by Crippen LogP contribution is -2.24. The Morgan fingerprint density at radius 2 is 1.68 bits per heavy atom. The summed E-state index contributed by atoms with van der Waals surface area (Å²) in [4.78, 5) is 19.3. The first kappa shape index (κ1) is 20.0. The zero-order chi connectivity index (χ0) is 20.5. The van der Waals surface area contributed by atoms with Crippen molar-refractivity contribution < 1.29 is 26.7 Å². The number of benzene rings is 2. The first-order valence-corrected chi connectivity index (χ1v) is 8.80. The number of para-hydroxylation sites is 2. The zero-order valence-corrected chi connectivity index (χ0v) is 15.0. The van der Waals surface area contributed by atoms with E-state index in [-0.39, 0.29) is 10.5 Å². The van der Waals surface area contributed by atoms with Crippen LogP contribution in [0.4, 0.5) is 27.6 Å². The van der Waals surface area contributed by atoms with E-state index in [1.165, 1.54) is 25.1 Å². The van der Waals surface area contributed by atoms with Crippen LogP contribution in [-0.4, -0.2) is 21.1 Å². The Kier molecular flexibility index (Phi) is 5.50. The maximum atomic E-state index is 13.7. The third-order valence-corrected chi connectivity index (χ3v) is 4.79. The van der Waals surface area contributed by atoms with E-state index in [0.717, 1.165) is 30.0 Å². The van der Waals surface area contributed by atoms with E-state index >= 15 is 0 Å². The third kappa shape index (κ3) is 4.22. The lowest BCUT2D eigenvalue weighted by molar-refractivity contribution is -0.145. The van der Waals surface area contributed by atoms with Crippen LogP contribution in [0.5, 0.6) is 0 Å². The number of rotatable bonds is 4. The number of anilines is 1. The Bertz CT molecular complexity index is 1020. The molecule has 1 N–H and O–H groups in total. The Balaban J connectivity index is 1.90. The summed E-state index contributed by atoms with van der Waals surface area (Å²) in [5.74, 6) is -4.04. The molecule has 0 fully saturated rings. The summed E-state index contributed by atoms with van der Waals surface area (Å²) in [6, 6.07) is 9.15. The molecule has 0 radical (unpaired) electrons. The van der Waals surface area contributed by atoms with Crippen LogP contribution in [0.3, 0.4) is 0 Å². The van der Waals surface area contributed by atoms with Gasteiger partial charge < -0.3 is 5.32 Å². The maximum absolute atomic E-state index is 13.7. The third-order valence-electron chi connectivity index (χ3n) is 3.69. The first-order chi connectivity index (χ1) is 13.2. The van der Waals surface area contributed by atoms with E-state index in [9.17, 15) is 26.7 Å². The van der Waals surface area contributed by atoms with Crippen LogP contribution in [0.25, 0.3) is 10.9 Å². The van der Waals surface area contributed by atoms with Crippen molar-refractivity contribution in [3.8, 4) is 0 Å². The van der Waals surface area contributed by atoms with Gasteiger partial charge in [-0.3, -0.25) is 4.79 Å². The summed E-state index contributed by atoms with van der Waals surface area (Å²) in [6.45, 7) is 1.39. The lowest BCUT2D eigenvalue weighted by Gasteiger charge is -2.15. The number of amides is 1. The highest BCUT2D eigenvalue weighted by Gasteiger charge is 2.36. The number of aromatic nitrogens is 2. The molecule has 0 aliphatic rings. The van der Waals surface area contributed by atoms with Crippen LogP contribution < -0.4 is 5.32 Å². The van der Waals surface area contributed by atoms with Gasteiger partial charge in [-0.25, -0.2) is 18.7 Å². The zero-order valence-electron chi connectivity index (χ0n) is 14.2. The van der Waals surface area contributed by atoms with Crippen molar-refractivity contribution in [3.05, 3.63) is 59.9 Å². The van der Waals surface area contributed by atoms with Crippen molar-refractivity contribution in [1.82, 2.24) is 9.97 Å². The number of carbonyl (C=O) groups is 1. The number of hydrogen-bond acceptors (Lipinski definition) is 4. The van der Waals surface area contributed by atoms with Crippen molar-refractivity contribution in [2.24, 2.45) is 0 Å². The molecule has 1 aromatic heterocycles. The molecule has 0 bridgehead atoms. The normalized spacial score (nSPS) is 12.8. The van der Waals surface area contributed by atoms with E-state index in [2.05, 4.69) is 15.3 Å². The summed E-state index contributed by atoms with van der Waals surface area (Å²) < 4.78 is 66.6. The van der Waals surface area contributed by atoms with Crippen LogP contribution in [0.15, 0.2) is 47.5 Å². The Labute approximate surface area is 160 Å². The van der Waals surface area contributed by atoms with Gasteiger partial charge in [0.2, 0.25) is 11.7 Å². The average molecular weight is 413 g/mol. The van der Waals surface area contributed by atoms with Crippen LogP contribution in [-0.2, 0) is 11.0 Å². The molecule has 1 unspecified atom stereocenters. The number of hydrogen-bond donors (Lipinski definition) is 1. The topological polar surface area (TPSA) is 54.9 Å². The number of alkyl halides is 3. The Hall–Kier alpha value is -2.75. The fourth-order valence-electron chi connectivity index (χ4n) is 2.33. The van der Waals surface area contributed by atoms with E-state index in [4.69, 9.17) is 0 Å². The molecule has 1 heterocycles. The number of halogens is 5. The van der Waals surface area contributed by atoms with Gasteiger partial charge >= 0.3 is 6.18 Å².